The third-order valence-electron chi connectivity index (χ3n) is 6.35. The number of nitrogens with one attached hydrogen (secondary N) is 1. The molecule has 1 heterocycles. The number of urea groups is 2. The molecule has 7 heteroatoms. The molecule has 0 spiro atoms. The average molecular weight is 423 g/mol. The summed E-state index contributed by atoms with van der Waals surface area (Å²) in [6.07, 6.45) is 4.33. The van der Waals surface area contributed by atoms with Crippen LogP contribution in [0.5, 0.6) is 0 Å². The Morgan fingerprint density at radius 2 is 1.58 bits per heavy atom. The summed E-state index contributed by atoms with van der Waals surface area (Å²) in [5, 5.41) is 14.5. The van der Waals surface area contributed by atoms with Crippen LogP contribution in [-0.4, -0.2) is 45.0 Å². The molecule has 4 amide bonds. The number of amides is 4. The highest BCUT2D eigenvalue weighted by molar-refractivity contribution is 5.98. The number of para-hydroxylation sites is 2. The highest BCUT2D eigenvalue weighted by Crippen LogP contribution is 2.41. The molecule has 1 aliphatic carbocycles. The maximum Gasteiger partial charge on any atom is 0.347 e. The average Bonchev–Trinajstić information content (AvgIpc) is 3.00. The van der Waals surface area contributed by atoms with E-state index in [1.54, 1.807) is 29.2 Å². The Hall–Kier alpha value is -3.06. The number of anilines is 2. The summed E-state index contributed by atoms with van der Waals surface area (Å²) in [7, 11) is 0. The smallest absolute Gasteiger partial charge is 0.312 e. The lowest BCUT2D eigenvalue weighted by Gasteiger charge is -2.42. The van der Waals surface area contributed by atoms with Crippen LogP contribution < -0.4 is 10.2 Å². The third kappa shape index (κ3) is 3.97. The van der Waals surface area contributed by atoms with Crippen LogP contribution in [0.3, 0.4) is 0 Å². The molecule has 1 aliphatic heterocycles. The number of nitrogens with zero attached hydrogens (tertiary/aromatic N) is 3. The van der Waals surface area contributed by atoms with E-state index >= 15 is 0 Å². The molecule has 1 atom stereocenters. The topological polar surface area (TPSA) is 76.1 Å². The highest BCUT2D eigenvalue weighted by Gasteiger charge is 2.57. The zero-order valence-electron chi connectivity index (χ0n) is 18.1. The number of hydrogen-bond donors (Lipinski definition) is 2. The minimum atomic E-state index is -0.881. The van der Waals surface area contributed by atoms with E-state index in [2.05, 4.69) is 5.32 Å². The van der Waals surface area contributed by atoms with Crippen molar-refractivity contribution in [3.8, 4) is 0 Å². The zero-order valence-corrected chi connectivity index (χ0v) is 18.1. The Morgan fingerprint density at radius 1 is 1.00 bits per heavy atom. The maximum absolute atomic E-state index is 13.7. The van der Waals surface area contributed by atoms with Gasteiger partial charge in [0.15, 0.2) is 6.17 Å². The first-order valence-corrected chi connectivity index (χ1v) is 10.9. The molecule has 2 aliphatic rings. The van der Waals surface area contributed by atoms with Crippen molar-refractivity contribution in [2.45, 2.75) is 63.7 Å². The predicted molar refractivity (Wildman–Crippen MR) is 120 cm³/mol. The number of hydrogen-bond acceptors (Lipinski definition) is 3. The molecule has 1 saturated heterocycles. The van der Waals surface area contributed by atoms with Gasteiger partial charge in [0.1, 0.15) is 0 Å². The van der Waals surface area contributed by atoms with Gasteiger partial charge in [0.05, 0.1) is 5.54 Å². The predicted octanol–water partition coefficient (Wildman–Crippen LogP) is 5.29. The Kier molecular flexibility index (Phi) is 5.87. The first-order valence-electron chi connectivity index (χ1n) is 10.9. The summed E-state index contributed by atoms with van der Waals surface area (Å²) in [4.78, 5) is 30.1. The summed E-state index contributed by atoms with van der Waals surface area (Å²) in [5.41, 5.74) is 0.428. The van der Waals surface area contributed by atoms with Gasteiger partial charge in [0, 0.05) is 17.4 Å². The molecule has 31 heavy (non-hydrogen) atoms. The van der Waals surface area contributed by atoms with Crippen LogP contribution in [0.4, 0.5) is 21.0 Å². The van der Waals surface area contributed by atoms with E-state index in [0.29, 0.717) is 16.4 Å². The van der Waals surface area contributed by atoms with Crippen LogP contribution in [0, 0.1) is 0 Å². The van der Waals surface area contributed by atoms with Crippen molar-refractivity contribution < 1.29 is 14.8 Å². The standard InChI is InChI=1S/C24H30N4O3/c1-24(2)21(28(31)22(29)25-18-12-6-3-7-13-18)26(19-14-8-4-9-15-19)23(30)27(24)20-16-10-5-11-17-20/h3-4,6-9,12-15,20-21,31H,5,10-11,16-17H2,1-2H3,(H,25,29)/t21-/m0/s1. The van der Waals surface area contributed by atoms with Crippen molar-refractivity contribution >= 4 is 23.4 Å². The van der Waals surface area contributed by atoms with Crippen molar-refractivity contribution in [2.24, 2.45) is 0 Å². The lowest BCUT2D eigenvalue weighted by molar-refractivity contribution is -0.0986. The van der Waals surface area contributed by atoms with Crippen LogP contribution in [-0.2, 0) is 0 Å². The zero-order chi connectivity index (χ0) is 22.0. The van der Waals surface area contributed by atoms with Gasteiger partial charge in [0.25, 0.3) is 0 Å². The van der Waals surface area contributed by atoms with Crippen molar-refractivity contribution in [3.63, 3.8) is 0 Å². The second-order valence-corrected chi connectivity index (χ2v) is 8.82. The van der Waals surface area contributed by atoms with E-state index in [1.165, 1.54) is 6.42 Å². The first kappa shape index (κ1) is 21.2. The fraction of sp³-hybridized carbons (Fsp3) is 0.417. The van der Waals surface area contributed by atoms with E-state index in [-0.39, 0.29) is 12.1 Å². The summed E-state index contributed by atoms with van der Waals surface area (Å²) in [5.74, 6) is 0. The number of rotatable bonds is 4. The summed E-state index contributed by atoms with van der Waals surface area (Å²) in [6.45, 7) is 3.85. The third-order valence-corrected chi connectivity index (χ3v) is 6.35. The van der Waals surface area contributed by atoms with Gasteiger partial charge < -0.3 is 10.2 Å². The monoisotopic (exact) mass is 422 g/mol. The molecule has 2 N–H and O–H groups in total. The maximum atomic E-state index is 13.7. The number of carbonyl (C=O) groups excluding carboxylic acids is 2. The van der Waals surface area contributed by atoms with E-state index in [0.717, 1.165) is 25.7 Å². The van der Waals surface area contributed by atoms with Crippen LogP contribution in [0.15, 0.2) is 60.7 Å². The van der Waals surface area contributed by atoms with Crippen molar-refractivity contribution in [2.75, 3.05) is 10.2 Å². The molecular formula is C24H30N4O3. The minimum absolute atomic E-state index is 0.0954. The lowest BCUT2D eigenvalue weighted by Crippen LogP contribution is -2.59. The molecule has 7 nitrogen and oxygen atoms in total. The van der Waals surface area contributed by atoms with Gasteiger partial charge in [-0.25, -0.2) is 9.59 Å². The number of hydroxylamine groups is 2. The van der Waals surface area contributed by atoms with Gasteiger partial charge in [-0.05, 0) is 51.0 Å². The van der Waals surface area contributed by atoms with Crippen molar-refractivity contribution in [1.29, 1.82) is 0 Å². The fourth-order valence-electron chi connectivity index (χ4n) is 4.94. The van der Waals surface area contributed by atoms with Gasteiger partial charge in [-0.15, -0.1) is 0 Å². The second kappa shape index (κ2) is 8.59. The Labute approximate surface area is 183 Å². The highest BCUT2D eigenvalue weighted by atomic mass is 16.5. The summed E-state index contributed by atoms with van der Waals surface area (Å²) < 4.78 is 0. The Balaban J connectivity index is 1.69. The largest absolute Gasteiger partial charge is 0.347 e. The van der Waals surface area contributed by atoms with Gasteiger partial charge >= 0.3 is 12.1 Å². The van der Waals surface area contributed by atoms with E-state index in [4.69, 9.17) is 0 Å². The van der Waals surface area contributed by atoms with E-state index < -0.39 is 17.7 Å². The molecule has 4 rings (SSSR count). The molecule has 0 bridgehead atoms. The number of benzene rings is 2. The Bertz CT molecular complexity index is 913. The van der Waals surface area contributed by atoms with E-state index in [9.17, 15) is 14.8 Å². The van der Waals surface area contributed by atoms with Gasteiger partial charge in [-0.1, -0.05) is 55.7 Å². The molecule has 164 valence electrons. The Morgan fingerprint density at radius 3 is 2.19 bits per heavy atom. The van der Waals surface area contributed by atoms with Crippen molar-refractivity contribution in [3.05, 3.63) is 60.7 Å². The van der Waals surface area contributed by atoms with Gasteiger partial charge in [-0.3, -0.25) is 10.1 Å². The molecule has 0 unspecified atom stereocenters. The normalized spacial score (nSPS) is 21.3. The summed E-state index contributed by atoms with van der Waals surface area (Å²) >= 11 is 0. The SMILES string of the molecule is CC1(C)[C@H](N(O)C(=O)Nc2ccccc2)N(c2ccccc2)C(=O)N1C1CCCCC1. The van der Waals surface area contributed by atoms with Crippen LogP contribution >= 0.6 is 0 Å². The first-order chi connectivity index (χ1) is 14.9. The van der Waals surface area contributed by atoms with Crippen LogP contribution in [0.2, 0.25) is 0 Å². The van der Waals surface area contributed by atoms with Crippen LogP contribution in [0.25, 0.3) is 0 Å². The lowest BCUT2D eigenvalue weighted by atomic mass is 9.90. The van der Waals surface area contributed by atoms with Gasteiger partial charge in [-0.2, -0.15) is 5.06 Å². The number of carbonyl (C=O) groups is 2. The second-order valence-electron chi connectivity index (χ2n) is 8.82. The molecular weight excluding hydrogens is 392 g/mol. The molecule has 2 aromatic rings. The molecule has 1 saturated carbocycles. The summed E-state index contributed by atoms with van der Waals surface area (Å²) in [6, 6.07) is 17.4. The van der Waals surface area contributed by atoms with E-state index in [1.807, 2.05) is 55.1 Å². The fourth-order valence-corrected chi connectivity index (χ4v) is 4.94. The van der Waals surface area contributed by atoms with Crippen molar-refractivity contribution in [1.82, 2.24) is 9.96 Å². The van der Waals surface area contributed by atoms with Crippen LogP contribution in [0.1, 0.15) is 46.0 Å². The molecule has 2 fully saturated rings. The van der Waals surface area contributed by atoms with Gasteiger partial charge in [0.2, 0.25) is 0 Å². The molecule has 0 radical (unpaired) electrons. The molecule has 0 aromatic heterocycles. The molecule has 2 aromatic carbocycles. The quantitative estimate of drug-likeness (QED) is 0.519. The minimum Gasteiger partial charge on any atom is -0.312 e.